The molecule has 2 heterocycles. The predicted octanol–water partition coefficient (Wildman–Crippen LogP) is 4.31. The van der Waals surface area contributed by atoms with Gasteiger partial charge in [-0.1, -0.05) is 35.3 Å². The molecular formula is C21H18Cl2N2O6. The number of halogens is 2. The molecule has 2 aliphatic heterocycles. The average Bonchev–Trinajstić information content (AvgIpc) is 2.74. The lowest BCUT2D eigenvalue weighted by Gasteiger charge is -2.44. The molecule has 2 aromatic rings. The fourth-order valence-corrected chi connectivity index (χ4v) is 4.45. The van der Waals surface area contributed by atoms with E-state index < -0.39 is 10.5 Å². The third kappa shape index (κ3) is 4.31. The number of nitrogens with zero attached hydrogens (tertiary/aromatic N) is 2. The molecule has 0 unspecified atom stereocenters. The second-order valence-corrected chi connectivity index (χ2v) is 8.39. The first-order valence-corrected chi connectivity index (χ1v) is 10.4. The molecule has 4 rings (SSSR count). The van der Waals surface area contributed by atoms with Crippen LogP contribution in [-0.4, -0.2) is 46.8 Å². The van der Waals surface area contributed by atoms with Gasteiger partial charge in [-0.25, -0.2) is 0 Å². The molecule has 31 heavy (non-hydrogen) atoms. The molecule has 1 fully saturated rings. The first-order valence-electron chi connectivity index (χ1n) is 9.63. The number of piperidine rings is 1. The molecule has 1 amide bonds. The summed E-state index contributed by atoms with van der Waals surface area (Å²) in [4.78, 5) is 37.4. The fourth-order valence-electron chi connectivity index (χ4n) is 3.91. The summed E-state index contributed by atoms with van der Waals surface area (Å²) in [6.45, 7) is 0.421. The summed E-state index contributed by atoms with van der Waals surface area (Å²) in [6, 6.07) is 8.99. The zero-order valence-electron chi connectivity index (χ0n) is 16.3. The number of hydrogen-bond acceptors (Lipinski definition) is 6. The van der Waals surface area contributed by atoms with Crippen molar-refractivity contribution in [1.29, 1.82) is 0 Å². The van der Waals surface area contributed by atoms with E-state index in [0.29, 0.717) is 42.3 Å². The molecule has 0 bridgehead atoms. The van der Waals surface area contributed by atoms with Gasteiger partial charge in [0.2, 0.25) is 0 Å². The van der Waals surface area contributed by atoms with Crippen molar-refractivity contribution in [2.24, 2.45) is 0 Å². The van der Waals surface area contributed by atoms with E-state index in [2.05, 4.69) is 0 Å². The number of amides is 1. The maximum atomic E-state index is 12.7. The van der Waals surface area contributed by atoms with E-state index in [1.807, 2.05) is 0 Å². The van der Waals surface area contributed by atoms with Gasteiger partial charge in [0.25, 0.3) is 5.91 Å². The number of carbonyl (C=O) groups is 2. The van der Waals surface area contributed by atoms with Crippen LogP contribution in [0.2, 0.25) is 10.0 Å². The van der Waals surface area contributed by atoms with Crippen molar-refractivity contribution in [2.75, 3.05) is 19.7 Å². The number of para-hydroxylation sites is 2. The number of rotatable bonds is 4. The lowest BCUT2D eigenvalue weighted by Crippen LogP contribution is -2.53. The van der Waals surface area contributed by atoms with Gasteiger partial charge >= 0.3 is 5.69 Å². The Morgan fingerprint density at radius 3 is 2.65 bits per heavy atom. The summed E-state index contributed by atoms with van der Waals surface area (Å²) >= 11 is 12.2. The van der Waals surface area contributed by atoms with E-state index in [1.54, 1.807) is 17.0 Å². The van der Waals surface area contributed by atoms with Crippen LogP contribution in [-0.2, 0) is 4.79 Å². The van der Waals surface area contributed by atoms with Crippen LogP contribution >= 0.6 is 23.2 Å². The van der Waals surface area contributed by atoms with Crippen molar-refractivity contribution in [3.8, 4) is 11.5 Å². The number of hydrogen-bond donors (Lipinski definition) is 0. The van der Waals surface area contributed by atoms with Gasteiger partial charge in [0, 0.05) is 37.0 Å². The highest BCUT2D eigenvalue weighted by molar-refractivity contribution is 6.36. The van der Waals surface area contributed by atoms with Crippen LogP contribution in [0.25, 0.3) is 0 Å². The standard InChI is InChI=1S/C21H18Cl2N2O6/c22-13-9-14-17(26)11-21(31-20(14)15(23)10-13)5-7-24(8-6-21)19(27)12-30-18-4-2-1-3-16(18)25(28)29/h1-4,9-10H,5-8,11-12H2. The van der Waals surface area contributed by atoms with Gasteiger partial charge in [-0.2, -0.15) is 0 Å². The Bertz CT molecular complexity index is 1070. The molecule has 8 nitrogen and oxygen atoms in total. The summed E-state index contributed by atoms with van der Waals surface area (Å²) in [5.74, 6) is -0.00670. The van der Waals surface area contributed by atoms with Crippen molar-refractivity contribution in [1.82, 2.24) is 4.90 Å². The van der Waals surface area contributed by atoms with Crippen molar-refractivity contribution < 1.29 is 24.0 Å². The van der Waals surface area contributed by atoms with E-state index in [9.17, 15) is 19.7 Å². The van der Waals surface area contributed by atoms with Crippen LogP contribution < -0.4 is 9.47 Å². The van der Waals surface area contributed by atoms with Gasteiger partial charge in [-0.15, -0.1) is 0 Å². The van der Waals surface area contributed by atoms with Crippen molar-refractivity contribution in [3.63, 3.8) is 0 Å². The molecule has 162 valence electrons. The van der Waals surface area contributed by atoms with Crippen LogP contribution in [0.5, 0.6) is 11.5 Å². The molecule has 0 saturated carbocycles. The van der Waals surface area contributed by atoms with Crippen LogP contribution in [0.4, 0.5) is 5.69 Å². The predicted molar refractivity (Wildman–Crippen MR) is 113 cm³/mol. The zero-order valence-corrected chi connectivity index (χ0v) is 17.8. The Morgan fingerprint density at radius 1 is 1.23 bits per heavy atom. The monoisotopic (exact) mass is 464 g/mol. The van der Waals surface area contributed by atoms with Gasteiger partial charge in [0.1, 0.15) is 11.4 Å². The molecule has 2 aromatic carbocycles. The molecule has 0 radical (unpaired) electrons. The molecule has 1 spiro atoms. The second-order valence-electron chi connectivity index (χ2n) is 7.54. The molecule has 10 heteroatoms. The minimum atomic E-state index is -0.725. The normalized spacial score (nSPS) is 17.1. The van der Waals surface area contributed by atoms with Crippen LogP contribution in [0.1, 0.15) is 29.6 Å². The molecular weight excluding hydrogens is 447 g/mol. The lowest BCUT2D eigenvalue weighted by atomic mass is 9.82. The lowest BCUT2D eigenvalue weighted by molar-refractivity contribution is -0.385. The molecule has 0 atom stereocenters. The van der Waals surface area contributed by atoms with Crippen LogP contribution in [0.15, 0.2) is 36.4 Å². The smallest absolute Gasteiger partial charge is 0.310 e. The van der Waals surface area contributed by atoms with Gasteiger partial charge in [0.15, 0.2) is 18.1 Å². The third-order valence-corrected chi connectivity index (χ3v) is 6.05. The number of ketones is 1. The third-order valence-electron chi connectivity index (χ3n) is 5.55. The summed E-state index contributed by atoms with van der Waals surface area (Å²) < 4.78 is 11.6. The summed E-state index contributed by atoms with van der Waals surface area (Å²) in [7, 11) is 0. The number of benzene rings is 2. The highest BCUT2D eigenvalue weighted by atomic mass is 35.5. The number of carbonyl (C=O) groups excluding carboxylic acids is 2. The number of fused-ring (bicyclic) bond motifs is 1. The number of nitro benzene ring substituents is 1. The minimum Gasteiger partial charge on any atom is -0.484 e. The fraction of sp³-hybridized carbons (Fsp3) is 0.333. The summed E-state index contributed by atoms with van der Waals surface area (Å²) in [5.41, 5.74) is -0.547. The van der Waals surface area contributed by atoms with Crippen LogP contribution in [0, 0.1) is 10.1 Å². The molecule has 1 saturated heterocycles. The minimum absolute atomic E-state index is 0.0421. The first-order chi connectivity index (χ1) is 14.8. The van der Waals surface area contributed by atoms with Crippen molar-refractivity contribution in [3.05, 3.63) is 62.1 Å². The van der Waals surface area contributed by atoms with E-state index >= 15 is 0 Å². The molecule has 0 N–H and O–H groups in total. The molecule has 2 aliphatic rings. The number of Topliss-reactive ketones (excluding diaryl/α,β-unsaturated/α-hetero) is 1. The van der Waals surface area contributed by atoms with Crippen molar-refractivity contribution >= 4 is 40.6 Å². The highest BCUT2D eigenvalue weighted by Crippen LogP contribution is 2.44. The Balaban J connectivity index is 1.39. The number of ether oxygens (including phenoxy) is 2. The highest BCUT2D eigenvalue weighted by Gasteiger charge is 2.44. The van der Waals surface area contributed by atoms with Gasteiger partial charge < -0.3 is 14.4 Å². The second kappa shape index (κ2) is 8.36. The molecule has 0 aromatic heterocycles. The number of likely N-dealkylation sites (tertiary alicyclic amines) is 1. The van der Waals surface area contributed by atoms with E-state index in [1.165, 1.54) is 24.3 Å². The van der Waals surface area contributed by atoms with E-state index in [0.717, 1.165) is 0 Å². The Morgan fingerprint density at radius 2 is 1.94 bits per heavy atom. The largest absolute Gasteiger partial charge is 0.484 e. The summed E-state index contributed by atoms with van der Waals surface area (Å²) in [6.07, 6.45) is 1.09. The van der Waals surface area contributed by atoms with Gasteiger partial charge in [-0.05, 0) is 18.2 Å². The Labute approximate surface area is 187 Å². The maximum absolute atomic E-state index is 12.7. The van der Waals surface area contributed by atoms with E-state index in [4.69, 9.17) is 32.7 Å². The van der Waals surface area contributed by atoms with Gasteiger partial charge in [-0.3, -0.25) is 19.7 Å². The van der Waals surface area contributed by atoms with Crippen LogP contribution in [0.3, 0.4) is 0 Å². The van der Waals surface area contributed by atoms with Crippen molar-refractivity contribution in [2.45, 2.75) is 24.9 Å². The summed E-state index contributed by atoms with van der Waals surface area (Å²) in [5, 5.41) is 11.7. The quantitative estimate of drug-likeness (QED) is 0.493. The Kier molecular flexibility index (Phi) is 5.77. The topological polar surface area (TPSA) is 99.0 Å². The number of nitro groups is 1. The Hall–Kier alpha value is -2.84. The maximum Gasteiger partial charge on any atom is 0.310 e. The first kappa shape index (κ1) is 21.4. The molecule has 0 aliphatic carbocycles. The van der Waals surface area contributed by atoms with E-state index in [-0.39, 0.29) is 41.2 Å². The SMILES string of the molecule is O=C1CC2(CCN(C(=O)COc3ccccc3[N+](=O)[O-])CC2)Oc2c(Cl)cc(Cl)cc21. The zero-order chi connectivity index (χ0) is 22.2. The average molecular weight is 465 g/mol. The van der Waals surface area contributed by atoms with Gasteiger partial charge in [0.05, 0.1) is 21.9 Å².